The topological polar surface area (TPSA) is 35.5 Å². The fourth-order valence-electron chi connectivity index (χ4n) is 3.33. The summed E-state index contributed by atoms with van der Waals surface area (Å²) in [4.78, 5) is 12.2. The van der Waals surface area contributed by atoms with E-state index in [0.29, 0.717) is 5.56 Å². The molecule has 0 aromatic heterocycles. The maximum Gasteiger partial charge on any atom is 0.338 e. The summed E-state index contributed by atoms with van der Waals surface area (Å²) in [5.74, 6) is -25.8. The second-order valence-electron chi connectivity index (χ2n) is 7.59. The average molecular weight is 542 g/mol. The first kappa shape index (κ1) is 26.6. The molecule has 12 heteroatoms. The molecule has 0 unspecified atom stereocenters. The third kappa shape index (κ3) is 4.76. The molecular formula is C26H11F9O3. The molecule has 3 nitrogen and oxygen atoms in total. The highest BCUT2D eigenvalue weighted by molar-refractivity contribution is 5.89. The molecule has 4 aromatic rings. The molecule has 0 N–H and O–H groups in total. The Balaban J connectivity index is 1.63. The Labute approximate surface area is 207 Å². The van der Waals surface area contributed by atoms with E-state index in [1.54, 1.807) is 30.3 Å². The number of rotatable bonds is 6. The Bertz CT molecular complexity index is 1480. The van der Waals surface area contributed by atoms with Crippen molar-refractivity contribution < 1.29 is 53.8 Å². The summed E-state index contributed by atoms with van der Waals surface area (Å²) in [6, 6.07) is 12.8. The summed E-state index contributed by atoms with van der Waals surface area (Å²) >= 11 is 0. The van der Waals surface area contributed by atoms with E-state index in [-0.39, 0.29) is 12.2 Å². The lowest BCUT2D eigenvalue weighted by Crippen LogP contribution is -2.09. The molecule has 196 valence electrons. The van der Waals surface area contributed by atoms with Crippen LogP contribution >= 0.6 is 0 Å². The maximum atomic E-state index is 14.6. The van der Waals surface area contributed by atoms with Gasteiger partial charge in [0.05, 0.1) is 16.7 Å². The van der Waals surface area contributed by atoms with Gasteiger partial charge in [-0.1, -0.05) is 30.3 Å². The first-order chi connectivity index (χ1) is 18.0. The molecule has 4 rings (SSSR count). The summed E-state index contributed by atoms with van der Waals surface area (Å²) in [5, 5.41) is 0. The number of esters is 1. The molecule has 0 bridgehead atoms. The highest BCUT2D eigenvalue weighted by atomic mass is 19.2. The zero-order chi connectivity index (χ0) is 27.7. The smallest absolute Gasteiger partial charge is 0.338 e. The van der Waals surface area contributed by atoms with Crippen molar-refractivity contribution in [1.29, 1.82) is 0 Å². The molecule has 38 heavy (non-hydrogen) atoms. The molecule has 0 saturated carbocycles. The van der Waals surface area contributed by atoms with Crippen molar-refractivity contribution >= 4 is 5.97 Å². The Morgan fingerprint density at radius 3 is 1.50 bits per heavy atom. The summed E-state index contributed by atoms with van der Waals surface area (Å²) < 4.78 is 137. The minimum Gasteiger partial charge on any atom is -0.457 e. The third-order valence-corrected chi connectivity index (χ3v) is 5.21. The Hall–Kier alpha value is -4.48. The van der Waals surface area contributed by atoms with Crippen LogP contribution in [0.15, 0.2) is 54.6 Å². The van der Waals surface area contributed by atoms with Crippen molar-refractivity contribution in [1.82, 2.24) is 0 Å². The summed E-state index contributed by atoms with van der Waals surface area (Å²) in [6.45, 7) is -0.0533. The third-order valence-electron chi connectivity index (χ3n) is 5.21. The van der Waals surface area contributed by atoms with Crippen molar-refractivity contribution in [2.45, 2.75) is 6.61 Å². The van der Waals surface area contributed by atoms with Gasteiger partial charge in [-0.2, -0.15) is 8.78 Å². The number of hydrogen-bond donors (Lipinski definition) is 0. The molecule has 0 saturated heterocycles. The van der Waals surface area contributed by atoms with Crippen LogP contribution in [0.4, 0.5) is 39.5 Å². The minimum absolute atomic E-state index is 0.0201. The van der Waals surface area contributed by atoms with E-state index < -0.39 is 81.0 Å². The Morgan fingerprint density at radius 2 is 1.00 bits per heavy atom. The van der Waals surface area contributed by atoms with Crippen LogP contribution < -0.4 is 4.74 Å². The maximum absolute atomic E-state index is 14.6. The minimum atomic E-state index is -2.67. The van der Waals surface area contributed by atoms with Crippen LogP contribution in [0.1, 0.15) is 15.9 Å². The van der Waals surface area contributed by atoms with E-state index >= 15 is 0 Å². The highest BCUT2D eigenvalue weighted by Gasteiger charge is 2.35. The number of halogens is 9. The molecule has 0 radical (unpaired) electrons. The van der Waals surface area contributed by atoms with Gasteiger partial charge < -0.3 is 9.47 Å². The van der Waals surface area contributed by atoms with Gasteiger partial charge in [0.1, 0.15) is 12.4 Å². The summed E-state index contributed by atoms with van der Waals surface area (Å²) in [5.41, 5.74) is -3.70. The van der Waals surface area contributed by atoms with Crippen LogP contribution in [-0.2, 0) is 11.3 Å². The molecular weight excluding hydrogens is 531 g/mol. The van der Waals surface area contributed by atoms with E-state index in [1.807, 2.05) is 0 Å². The van der Waals surface area contributed by atoms with E-state index in [2.05, 4.69) is 0 Å². The standard InChI is InChI=1S/C26H11F9O3/c27-16-14(17(28)21(32)22(33)20(16)31)15-18(29)23(34)25(24(35)19(15)30)38-13-8-6-12(7-9-13)26(36)37-10-11-4-2-1-3-5-11/h1-9H,10H2. The van der Waals surface area contributed by atoms with Crippen molar-refractivity contribution in [2.75, 3.05) is 0 Å². The lowest BCUT2D eigenvalue weighted by molar-refractivity contribution is 0.0472. The van der Waals surface area contributed by atoms with Crippen LogP contribution in [-0.4, -0.2) is 5.97 Å². The molecule has 0 amide bonds. The average Bonchev–Trinajstić information content (AvgIpc) is 2.93. The quantitative estimate of drug-likeness (QED) is 0.108. The van der Waals surface area contributed by atoms with Gasteiger partial charge in [-0.3, -0.25) is 0 Å². The van der Waals surface area contributed by atoms with Crippen molar-refractivity contribution in [3.05, 3.63) is 118 Å². The molecule has 0 aliphatic carbocycles. The molecule has 0 heterocycles. The number of carbonyl (C=O) groups is 1. The highest BCUT2D eigenvalue weighted by Crippen LogP contribution is 2.41. The van der Waals surface area contributed by atoms with Crippen molar-refractivity contribution in [3.63, 3.8) is 0 Å². The van der Waals surface area contributed by atoms with Crippen LogP contribution in [0, 0.1) is 52.4 Å². The summed E-state index contributed by atoms with van der Waals surface area (Å²) in [6.07, 6.45) is 0. The molecule has 4 aromatic carbocycles. The predicted octanol–water partition coefficient (Wildman–Crippen LogP) is 7.75. The zero-order valence-corrected chi connectivity index (χ0v) is 18.5. The molecule has 0 fully saturated rings. The van der Waals surface area contributed by atoms with Gasteiger partial charge in [-0.05, 0) is 29.8 Å². The number of benzene rings is 4. The SMILES string of the molecule is O=C(OCc1ccccc1)c1ccc(Oc2c(F)c(F)c(-c3c(F)c(F)c(F)c(F)c3F)c(F)c2F)cc1. The molecule has 0 spiro atoms. The van der Waals surface area contributed by atoms with Gasteiger partial charge in [0, 0.05) is 0 Å². The van der Waals surface area contributed by atoms with Gasteiger partial charge in [0.25, 0.3) is 0 Å². The Kier molecular flexibility index (Phi) is 7.33. The van der Waals surface area contributed by atoms with Gasteiger partial charge >= 0.3 is 5.97 Å². The first-order valence-corrected chi connectivity index (χ1v) is 10.4. The second-order valence-corrected chi connectivity index (χ2v) is 7.59. The van der Waals surface area contributed by atoms with Gasteiger partial charge in [-0.25, -0.2) is 35.5 Å². The van der Waals surface area contributed by atoms with Crippen molar-refractivity contribution in [2.24, 2.45) is 0 Å². The number of ether oxygens (including phenoxy) is 2. The predicted molar refractivity (Wildman–Crippen MR) is 114 cm³/mol. The number of carbonyl (C=O) groups excluding carboxylic acids is 1. The normalized spacial score (nSPS) is 11.0. The van der Waals surface area contributed by atoms with E-state index in [1.165, 1.54) is 0 Å². The molecule has 0 aliphatic heterocycles. The second kappa shape index (κ2) is 10.5. The monoisotopic (exact) mass is 542 g/mol. The fraction of sp³-hybridized carbons (Fsp3) is 0.0385. The number of hydrogen-bond acceptors (Lipinski definition) is 3. The fourth-order valence-corrected chi connectivity index (χ4v) is 3.33. The van der Waals surface area contributed by atoms with Gasteiger partial charge in [-0.15, -0.1) is 0 Å². The lowest BCUT2D eigenvalue weighted by atomic mass is 10.0. The van der Waals surface area contributed by atoms with Crippen LogP contribution in [0.3, 0.4) is 0 Å². The van der Waals surface area contributed by atoms with E-state index in [9.17, 15) is 44.3 Å². The van der Waals surface area contributed by atoms with Gasteiger partial charge in [0.2, 0.25) is 23.2 Å². The van der Waals surface area contributed by atoms with Crippen LogP contribution in [0.25, 0.3) is 11.1 Å². The van der Waals surface area contributed by atoms with Crippen molar-refractivity contribution in [3.8, 4) is 22.6 Å². The lowest BCUT2D eigenvalue weighted by Gasteiger charge is -2.15. The molecule has 0 aliphatic rings. The van der Waals surface area contributed by atoms with E-state index in [0.717, 1.165) is 24.3 Å². The van der Waals surface area contributed by atoms with Gasteiger partial charge in [0.15, 0.2) is 34.9 Å². The zero-order valence-electron chi connectivity index (χ0n) is 18.5. The van der Waals surface area contributed by atoms with Crippen LogP contribution in [0.5, 0.6) is 11.5 Å². The van der Waals surface area contributed by atoms with Crippen LogP contribution in [0.2, 0.25) is 0 Å². The largest absolute Gasteiger partial charge is 0.457 e. The molecule has 0 atom stereocenters. The summed E-state index contributed by atoms with van der Waals surface area (Å²) in [7, 11) is 0. The Morgan fingerprint density at radius 1 is 0.553 bits per heavy atom. The van der Waals surface area contributed by atoms with E-state index in [4.69, 9.17) is 9.47 Å². The first-order valence-electron chi connectivity index (χ1n) is 10.4.